The third kappa shape index (κ3) is 6.07. The van der Waals surface area contributed by atoms with Gasteiger partial charge in [0.15, 0.2) is 0 Å². The van der Waals surface area contributed by atoms with Gasteiger partial charge in [-0.1, -0.05) is 18.2 Å². The van der Waals surface area contributed by atoms with E-state index in [9.17, 15) is 13.2 Å². The lowest BCUT2D eigenvalue weighted by Crippen LogP contribution is -2.31. The van der Waals surface area contributed by atoms with Crippen LogP contribution in [0.25, 0.3) is 0 Å². The highest BCUT2D eigenvalue weighted by Crippen LogP contribution is 2.19. The normalized spacial score (nSPS) is 17.0. The van der Waals surface area contributed by atoms with Crippen molar-refractivity contribution in [3.05, 3.63) is 54.6 Å². The van der Waals surface area contributed by atoms with E-state index in [2.05, 4.69) is 10.0 Å². The monoisotopic (exact) mass is 406 g/mol. The number of rotatable bonds is 8. The Bertz CT molecular complexity index is 849. The number of ether oxygens (including phenoxy) is 1. The van der Waals surface area contributed by atoms with Gasteiger partial charge in [0.05, 0.1) is 16.8 Å². The predicted octanol–water partition coefficient (Wildman–Crippen LogP) is 2.87. The highest BCUT2D eigenvalue weighted by molar-refractivity contribution is 8.00. The summed E-state index contributed by atoms with van der Waals surface area (Å²) in [5, 5.41) is 2.77. The molecule has 0 radical (unpaired) electrons. The number of thioether (sulfide) groups is 1. The second-order valence-electron chi connectivity index (χ2n) is 6.16. The molecule has 0 aliphatic carbocycles. The van der Waals surface area contributed by atoms with E-state index in [4.69, 9.17) is 4.74 Å². The number of amides is 1. The molecule has 1 fully saturated rings. The summed E-state index contributed by atoms with van der Waals surface area (Å²) in [6.45, 7) is 0.959. The molecule has 1 amide bonds. The van der Waals surface area contributed by atoms with Crippen molar-refractivity contribution in [2.24, 2.45) is 0 Å². The van der Waals surface area contributed by atoms with Crippen LogP contribution in [0, 0.1) is 0 Å². The summed E-state index contributed by atoms with van der Waals surface area (Å²) in [5.41, 5.74) is 0.562. The van der Waals surface area contributed by atoms with Crippen molar-refractivity contribution in [2.45, 2.75) is 28.7 Å². The fraction of sp³-hybridized carbons (Fsp3) is 0.316. The molecule has 144 valence electrons. The average molecular weight is 407 g/mol. The molecule has 3 rings (SSSR count). The van der Waals surface area contributed by atoms with Gasteiger partial charge in [0.25, 0.3) is 0 Å². The number of hydrogen-bond donors (Lipinski definition) is 2. The predicted molar refractivity (Wildman–Crippen MR) is 106 cm³/mol. The summed E-state index contributed by atoms with van der Waals surface area (Å²) in [6.07, 6.45) is 1.78. The largest absolute Gasteiger partial charge is 0.377 e. The first kappa shape index (κ1) is 19.9. The lowest BCUT2D eigenvalue weighted by Gasteiger charge is -2.12. The minimum Gasteiger partial charge on any atom is -0.377 e. The summed E-state index contributed by atoms with van der Waals surface area (Å²) >= 11 is 1.44. The van der Waals surface area contributed by atoms with E-state index in [-0.39, 0.29) is 29.2 Å². The van der Waals surface area contributed by atoms with E-state index in [1.807, 2.05) is 30.3 Å². The molecular formula is C19H22N2O4S2. The van der Waals surface area contributed by atoms with E-state index >= 15 is 0 Å². The molecule has 27 heavy (non-hydrogen) atoms. The molecule has 2 N–H and O–H groups in total. The Morgan fingerprint density at radius 1 is 1.11 bits per heavy atom. The van der Waals surface area contributed by atoms with Crippen LogP contribution in [0.5, 0.6) is 0 Å². The van der Waals surface area contributed by atoms with Gasteiger partial charge in [0.2, 0.25) is 15.9 Å². The van der Waals surface area contributed by atoms with E-state index in [0.717, 1.165) is 17.7 Å². The van der Waals surface area contributed by atoms with Gasteiger partial charge < -0.3 is 10.1 Å². The quantitative estimate of drug-likeness (QED) is 0.659. The number of hydrogen-bond acceptors (Lipinski definition) is 5. The van der Waals surface area contributed by atoms with Crippen molar-refractivity contribution >= 4 is 33.4 Å². The molecule has 1 heterocycles. The SMILES string of the molecule is O=C(CSc1ccccc1)Nc1ccc(S(=O)(=O)NC[C@H]2CCCO2)cc1. The van der Waals surface area contributed by atoms with Gasteiger partial charge in [-0.2, -0.15) is 0 Å². The zero-order valence-corrected chi connectivity index (χ0v) is 16.4. The van der Waals surface area contributed by atoms with Crippen molar-refractivity contribution in [3.63, 3.8) is 0 Å². The molecule has 2 aromatic carbocycles. The first-order valence-corrected chi connectivity index (χ1v) is 11.2. The smallest absolute Gasteiger partial charge is 0.240 e. The van der Waals surface area contributed by atoms with E-state index < -0.39 is 10.0 Å². The molecule has 1 aliphatic heterocycles. The van der Waals surface area contributed by atoms with Crippen molar-refractivity contribution in [1.82, 2.24) is 4.72 Å². The lowest BCUT2D eigenvalue weighted by molar-refractivity contribution is -0.113. The highest BCUT2D eigenvalue weighted by atomic mass is 32.2. The molecular weight excluding hydrogens is 384 g/mol. The van der Waals surface area contributed by atoms with Gasteiger partial charge in [-0.15, -0.1) is 11.8 Å². The minimum absolute atomic E-state index is 0.0551. The van der Waals surface area contributed by atoms with Crippen molar-refractivity contribution in [3.8, 4) is 0 Å². The molecule has 1 aliphatic rings. The standard InChI is InChI=1S/C19H22N2O4S2/c22-19(14-26-17-6-2-1-3-7-17)21-15-8-10-18(11-9-15)27(23,24)20-13-16-5-4-12-25-16/h1-3,6-11,16,20H,4-5,12-14H2,(H,21,22)/t16-/m1/s1. The Kier molecular flexibility index (Phi) is 6.89. The van der Waals surface area contributed by atoms with Gasteiger partial charge >= 0.3 is 0 Å². The Labute approximate surface area is 163 Å². The molecule has 6 nitrogen and oxygen atoms in total. The Morgan fingerprint density at radius 3 is 2.52 bits per heavy atom. The Hall–Kier alpha value is -1.87. The number of anilines is 1. The third-order valence-corrected chi connectivity index (χ3v) is 6.54. The highest BCUT2D eigenvalue weighted by Gasteiger charge is 2.20. The molecule has 0 saturated carbocycles. The number of carbonyl (C=O) groups excluding carboxylic acids is 1. The van der Waals surface area contributed by atoms with Crippen LogP contribution in [0.4, 0.5) is 5.69 Å². The number of benzene rings is 2. The molecule has 0 bridgehead atoms. The summed E-state index contributed by atoms with van der Waals surface area (Å²) in [4.78, 5) is 13.2. The van der Waals surface area contributed by atoms with Crippen molar-refractivity contribution in [1.29, 1.82) is 0 Å². The summed E-state index contributed by atoms with van der Waals surface area (Å²) in [5.74, 6) is 0.142. The van der Waals surface area contributed by atoms with Crippen LogP contribution < -0.4 is 10.0 Å². The maximum absolute atomic E-state index is 12.3. The van der Waals surface area contributed by atoms with Crippen LogP contribution in [-0.4, -0.2) is 39.3 Å². The van der Waals surface area contributed by atoms with Crippen molar-refractivity contribution in [2.75, 3.05) is 24.2 Å². The summed E-state index contributed by atoms with van der Waals surface area (Å²) in [7, 11) is -3.59. The topological polar surface area (TPSA) is 84.5 Å². The van der Waals surface area contributed by atoms with E-state index in [1.165, 1.54) is 23.9 Å². The van der Waals surface area contributed by atoms with Crippen LogP contribution >= 0.6 is 11.8 Å². The third-order valence-electron chi connectivity index (χ3n) is 4.09. The summed E-state index contributed by atoms with van der Waals surface area (Å²) < 4.78 is 32.6. The van der Waals surface area contributed by atoms with Gasteiger partial charge in [0.1, 0.15) is 0 Å². The maximum atomic E-state index is 12.3. The second kappa shape index (κ2) is 9.36. The number of nitrogens with one attached hydrogen (secondary N) is 2. The molecule has 2 aromatic rings. The Balaban J connectivity index is 1.50. The zero-order valence-electron chi connectivity index (χ0n) is 14.8. The van der Waals surface area contributed by atoms with Gasteiger partial charge in [-0.05, 0) is 49.2 Å². The molecule has 1 atom stereocenters. The summed E-state index contributed by atoms with van der Waals surface area (Å²) in [6, 6.07) is 15.8. The fourth-order valence-corrected chi connectivity index (χ4v) is 4.46. The fourth-order valence-electron chi connectivity index (χ4n) is 2.67. The van der Waals surface area contributed by atoms with E-state index in [1.54, 1.807) is 12.1 Å². The zero-order chi connectivity index (χ0) is 19.1. The lowest BCUT2D eigenvalue weighted by atomic mass is 10.2. The first-order valence-electron chi connectivity index (χ1n) is 8.72. The van der Waals surface area contributed by atoms with E-state index in [0.29, 0.717) is 12.3 Å². The van der Waals surface area contributed by atoms with Crippen LogP contribution in [0.2, 0.25) is 0 Å². The molecule has 0 unspecified atom stereocenters. The molecule has 8 heteroatoms. The van der Waals surface area contributed by atoms with Gasteiger partial charge in [0, 0.05) is 23.7 Å². The number of carbonyl (C=O) groups is 1. The van der Waals surface area contributed by atoms with Crippen molar-refractivity contribution < 1.29 is 17.9 Å². The van der Waals surface area contributed by atoms with Crippen LogP contribution in [0.15, 0.2) is 64.4 Å². The van der Waals surface area contributed by atoms with Gasteiger partial charge in [-0.3, -0.25) is 4.79 Å². The molecule has 1 saturated heterocycles. The maximum Gasteiger partial charge on any atom is 0.240 e. The average Bonchev–Trinajstić information content (AvgIpc) is 3.20. The number of sulfonamides is 1. The van der Waals surface area contributed by atoms with Gasteiger partial charge in [-0.25, -0.2) is 13.1 Å². The first-order chi connectivity index (χ1) is 13.0. The molecule has 0 spiro atoms. The molecule has 0 aromatic heterocycles. The Morgan fingerprint density at radius 2 is 1.85 bits per heavy atom. The second-order valence-corrected chi connectivity index (χ2v) is 8.98. The minimum atomic E-state index is -3.59. The van der Waals surface area contributed by atoms with Crippen LogP contribution in [-0.2, 0) is 19.6 Å². The van der Waals surface area contributed by atoms with Crippen LogP contribution in [0.3, 0.4) is 0 Å². The van der Waals surface area contributed by atoms with Crippen LogP contribution in [0.1, 0.15) is 12.8 Å².